The third-order valence-electron chi connectivity index (χ3n) is 5.44. The molecule has 2 saturated heterocycles. The first-order valence-electron chi connectivity index (χ1n) is 8.05. The van der Waals surface area contributed by atoms with Gasteiger partial charge >= 0.3 is 0 Å². The number of aryl methyl sites for hydroxylation is 1. The van der Waals surface area contributed by atoms with Gasteiger partial charge in [0.15, 0.2) is 0 Å². The Labute approximate surface area is 130 Å². The standard InChI is InChI=1S/C17H23BrN2/c18-14-3-1-13-10-17(6-2-12(13)9-14)20-8-7-15-4-5-16(11-20)19-15/h1,3,9,15-17,19H,2,4-8,10-11H2. The number of nitrogens with zero attached hydrogens (tertiary/aromatic N) is 1. The molecule has 0 aromatic heterocycles. The molecular weight excluding hydrogens is 312 g/mol. The van der Waals surface area contributed by atoms with Crippen molar-refractivity contribution in [2.45, 2.75) is 56.7 Å². The Morgan fingerprint density at radius 1 is 1.05 bits per heavy atom. The van der Waals surface area contributed by atoms with E-state index in [2.05, 4.69) is 44.3 Å². The number of hydrogen-bond donors (Lipinski definition) is 1. The average molecular weight is 335 g/mol. The van der Waals surface area contributed by atoms with Gasteiger partial charge in [-0.2, -0.15) is 0 Å². The summed E-state index contributed by atoms with van der Waals surface area (Å²) in [6, 6.07) is 9.17. The zero-order valence-corrected chi connectivity index (χ0v) is 13.5. The maximum atomic E-state index is 3.80. The number of hydrogen-bond acceptors (Lipinski definition) is 2. The van der Waals surface area contributed by atoms with E-state index in [0.29, 0.717) is 0 Å². The number of fused-ring (bicyclic) bond motifs is 3. The highest BCUT2D eigenvalue weighted by atomic mass is 79.9. The van der Waals surface area contributed by atoms with Crippen LogP contribution in [0.4, 0.5) is 0 Å². The third kappa shape index (κ3) is 2.56. The van der Waals surface area contributed by atoms with Crippen molar-refractivity contribution < 1.29 is 0 Å². The fourth-order valence-corrected chi connectivity index (χ4v) is 4.73. The summed E-state index contributed by atoms with van der Waals surface area (Å²) in [5, 5.41) is 3.80. The van der Waals surface area contributed by atoms with Crippen LogP contribution in [0.2, 0.25) is 0 Å². The van der Waals surface area contributed by atoms with E-state index in [0.717, 1.165) is 18.1 Å². The van der Waals surface area contributed by atoms with Crippen LogP contribution >= 0.6 is 15.9 Å². The highest BCUT2D eigenvalue weighted by Gasteiger charge is 2.33. The Bertz CT molecular complexity index is 502. The topological polar surface area (TPSA) is 15.3 Å². The van der Waals surface area contributed by atoms with Crippen LogP contribution in [0.15, 0.2) is 22.7 Å². The van der Waals surface area contributed by atoms with E-state index in [1.54, 1.807) is 11.1 Å². The zero-order chi connectivity index (χ0) is 13.5. The monoisotopic (exact) mass is 334 g/mol. The molecule has 2 fully saturated rings. The van der Waals surface area contributed by atoms with Gasteiger partial charge in [0.2, 0.25) is 0 Å². The van der Waals surface area contributed by atoms with Gasteiger partial charge in [-0.05, 0) is 68.3 Å². The molecule has 0 saturated carbocycles. The fraction of sp³-hybridized carbons (Fsp3) is 0.647. The summed E-state index contributed by atoms with van der Waals surface area (Å²) in [7, 11) is 0. The molecule has 1 aliphatic carbocycles. The minimum Gasteiger partial charge on any atom is -0.310 e. The van der Waals surface area contributed by atoms with Crippen molar-refractivity contribution in [2.75, 3.05) is 13.1 Å². The summed E-state index contributed by atoms with van der Waals surface area (Å²) >= 11 is 3.60. The number of benzene rings is 1. The smallest absolute Gasteiger partial charge is 0.0198 e. The van der Waals surface area contributed by atoms with E-state index in [4.69, 9.17) is 0 Å². The molecular formula is C17H23BrN2. The molecule has 1 aromatic rings. The van der Waals surface area contributed by atoms with Crippen molar-refractivity contribution in [3.05, 3.63) is 33.8 Å². The average Bonchev–Trinajstić information content (AvgIpc) is 2.78. The van der Waals surface area contributed by atoms with Crippen molar-refractivity contribution in [3.63, 3.8) is 0 Å². The van der Waals surface area contributed by atoms with Gasteiger partial charge in [-0.3, -0.25) is 4.90 Å². The lowest BCUT2D eigenvalue weighted by Gasteiger charge is -2.36. The van der Waals surface area contributed by atoms with Crippen molar-refractivity contribution in [1.82, 2.24) is 10.2 Å². The normalized spacial score (nSPS) is 33.8. The summed E-state index contributed by atoms with van der Waals surface area (Å²) < 4.78 is 1.23. The maximum Gasteiger partial charge on any atom is 0.0198 e. The maximum absolute atomic E-state index is 3.80. The van der Waals surface area contributed by atoms with Crippen molar-refractivity contribution in [3.8, 4) is 0 Å². The Balaban J connectivity index is 1.49. The first-order chi connectivity index (χ1) is 9.78. The first-order valence-corrected chi connectivity index (χ1v) is 8.84. The highest BCUT2D eigenvalue weighted by molar-refractivity contribution is 9.10. The second-order valence-electron chi connectivity index (χ2n) is 6.73. The van der Waals surface area contributed by atoms with Crippen LogP contribution in [-0.2, 0) is 12.8 Å². The largest absolute Gasteiger partial charge is 0.310 e. The minimum atomic E-state index is 0.758. The van der Waals surface area contributed by atoms with Crippen LogP contribution < -0.4 is 5.32 Å². The molecule has 2 nitrogen and oxygen atoms in total. The third-order valence-corrected chi connectivity index (χ3v) is 5.94. The van der Waals surface area contributed by atoms with Gasteiger partial charge in [0.05, 0.1) is 0 Å². The Morgan fingerprint density at radius 3 is 2.90 bits per heavy atom. The van der Waals surface area contributed by atoms with Gasteiger partial charge in [0, 0.05) is 29.1 Å². The molecule has 108 valence electrons. The van der Waals surface area contributed by atoms with Crippen LogP contribution in [0.1, 0.15) is 36.8 Å². The van der Waals surface area contributed by atoms with E-state index < -0.39 is 0 Å². The first kappa shape index (κ1) is 13.3. The SMILES string of the molecule is Brc1ccc2c(c1)CCC(N1CCC3CCC(C1)N3)C2. The predicted octanol–water partition coefficient (Wildman–Crippen LogP) is 3.13. The Kier molecular flexibility index (Phi) is 3.61. The molecule has 3 unspecified atom stereocenters. The van der Waals surface area contributed by atoms with Gasteiger partial charge < -0.3 is 5.32 Å². The molecule has 3 aliphatic rings. The van der Waals surface area contributed by atoms with Gasteiger partial charge in [0.1, 0.15) is 0 Å². The lowest BCUT2D eigenvalue weighted by atomic mass is 9.87. The number of rotatable bonds is 1. The predicted molar refractivity (Wildman–Crippen MR) is 86.1 cm³/mol. The van der Waals surface area contributed by atoms with Crippen LogP contribution in [0.25, 0.3) is 0 Å². The molecule has 0 radical (unpaired) electrons. The van der Waals surface area contributed by atoms with E-state index in [9.17, 15) is 0 Å². The number of likely N-dealkylation sites (tertiary alicyclic amines) is 1. The lowest BCUT2D eigenvalue weighted by Crippen LogP contribution is -2.44. The molecule has 2 bridgehead atoms. The van der Waals surface area contributed by atoms with Gasteiger partial charge in [-0.15, -0.1) is 0 Å². The molecule has 1 aromatic carbocycles. The quantitative estimate of drug-likeness (QED) is 0.848. The van der Waals surface area contributed by atoms with E-state index >= 15 is 0 Å². The van der Waals surface area contributed by atoms with Crippen molar-refractivity contribution in [2.24, 2.45) is 0 Å². The van der Waals surface area contributed by atoms with Crippen molar-refractivity contribution in [1.29, 1.82) is 0 Å². The highest BCUT2D eigenvalue weighted by Crippen LogP contribution is 2.29. The number of halogens is 1. The van der Waals surface area contributed by atoms with E-state index in [1.165, 1.54) is 56.1 Å². The summed E-state index contributed by atoms with van der Waals surface area (Å²) in [5.41, 5.74) is 3.14. The van der Waals surface area contributed by atoms with Gasteiger partial charge in [-0.25, -0.2) is 0 Å². The second-order valence-corrected chi connectivity index (χ2v) is 7.65. The molecule has 3 atom stereocenters. The van der Waals surface area contributed by atoms with E-state index in [1.807, 2.05) is 0 Å². The summed E-state index contributed by atoms with van der Waals surface area (Å²) in [6.07, 6.45) is 7.97. The van der Waals surface area contributed by atoms with Gasteiger partial charge in [0.25, 0.3) is 0 Å². The molecule has 4 rings (SSSR count). The molecule has 20 heavy (non-hydrogen) atoms. The summed E-state index contributed by atoms with van der Waals surface area (Å²) in [6.45, 7) is 2.57. The number of nitrogens with one attached hydrogen (secondary N) is 1. The van der Waals surface area contributed by atoms with Gasteiger partial charge in [-0.1, -0.05) is 22.0 Å². The summed E-state index contributed by atoms with van der Waals surface area (Å²) in [5.74, 6) is 0. The van der Waals surface area contributed by atoms with Crippen LogP contribution in [0, 0.1) is 0 Å². The molecule has 2 aliphatic heterocycles. The van der Waals surface area contributed by atoms with Crippen LogP contribution in [0.5, 0.6) is 0 Å². The second kappa shape index (κ2) is 5.43. The molecule has 0 amide bonds. The fourth-order valence-electron chi connectivity index (χ4n) is 4.32. The lowest BCUT2D eigenvalue weighted by molar-refractivity contribution is 0.171. The zero-order valence-electron chi connectivity index (χ0n) is 11.9. The molecule has 3 heteroatoms. The Hall–Kier alpha value is -0.380. The minimum absolute atomic E-state index is 0.758. The molecule has 0 spiro atoms. The van der Waals surface area contributed by atoms with Crippen LogP contribution in [0.3, 0.4) is 0 Å². The molecule has 1 N–H and O–H groups in total. The Morgan fingerprint density at radius 2 is 1.95 bits per heavy atom. The van der Waals surface area contributed by atoms with E-state index in [-0.39, 0.29) is 0 Å². The molecule has 2 heterocycles. The van der Waals surface area contributed by atoms with Crippen LogP contribution in [-0.4, -0.2) is 36.1 Å². The summed E-state index contributed by atoms with van der Waals surface area (Å²) in [4.78, 5) is 2.78. The van der Waals surface area contributed by atoms with Crippen molar-refractivity contribution >= 4 is 15.9 Å².